The van der Waals surface area contributed by atoms with E-state index < -0.39 is 79.1 Å². The highest BCUT2D eigenvalue weighted by atomic mass is 35.5. The van der Waals surface area contributed by atoms with Crippen LogP contribution in [0.2, 0.25) is 15.5 Å². The molecule has 10 atom stereocenters. The van der Waals surface area contributed by atoms with E-state index in [1.807, 2.05) is 6.92 Å². The number of nitrogens with one attached hydrogen (secondary N) is 5. The number of aliphatic imine (C=N–C) groups is 5. The Labute approximate surface area is 702 Å². The van der Waals surface area contributed by atoms with Gasteiger partial charge >= 0.3 is 0 Å². The summed E-state index contributed by atoms with van der Waals surface area (Å²) in [7, 11) is 1.57. The quantitative estimate of drug-likeness (QED) is 0.0162. The summed E-state index contributed by atoms with van der Waals surface area (Å²) in [5.41, 5.74) is 69.5. The Kier molecular flexibility index (Phi) is 57.9. The number of hydrogen-bond donors (Lipinski definition) is 24. The number of halogens is 3. The molecule has 118 heavy (non-hydrogen) atoms. The molecular weight excluding hydrogens is 1610 g/mol. The average Bonchev–Trinajstić information content (AvgIpc) is 1.18. The van der Waals surface area contributed by atoms with Crippen LogP contribution in [0.5, 0.6) is 0 Å². The number of ether oxygens (including phenoxy) is 5. The number of aliphatic hydroxyl groups excluding tert-OH is 6. The van der Waals surface area contributed by atoms with Crippen LogP contribution in [0.4, 0.5) is 34.9 Å². The summed E-state index contributed by atoms with van der Waals surface area (Å²) in [5.74, 6) is -2.43. The van der Waals surface area contributed by atoms with Gasteiger partial charge in [-0.25, -0.2) is 29.9 Å². The normalized spacial score (nSPS) is 16.5. The molecule has 2 aliphatic rings. The summed E-state index contributed by atoms with van der Waals surface area (Å²) < 4.78 is 26.9. The Morgan fingerprint density at radius 2 is 0.831 bits per heavy atom. The van der Waals surface area contributed by atoms with Crippen molar-refractivity contribution < 1.29 is 78.3 Å². The van der Waals surface area contributed by atoms with Crippen LogP contribution in [-0.4, -0.2) is 279 Å². The fourth-order valence-electron chi connectivity index (χ4n) is 9.60. The molecule has 2 aliphatic heterocycles. The van der Waals surface area contributed by atoms with E-state index in [0.29, 0.717) is 58.9 Å². The van der Waals surface area contributed by atoms with E-state index in [4.69, 9.17) is 133 Å². The molecule has 3 aromatic heterocycles. The van der Waals surface area contributed by atoms with E-state index in [1.165, 1.54) is 45.4 Å². The van der Waals surface area contributed by atoms with Gasteiger partial charge in [0.15, 0.2) is 110 Å². The minimum absolute atomic E-state index is 0.00685. The predicted molar refractivity (Wildman–Crippen MR) is 454 cm³/mol. The summed E-state index contributed by atoms with van der Waals surface area (Å²) in [6.07, 6.45) is 5.26. The van der Waals surface area contributed by atoms with E-state index >= 15 is 0 Å². The second-order valence-electron chi connectivity index (χ2n) is 26.1. The van der Waals surface area contributed by atoms with Crippen molar-refractivity contribution in [2.75, 3.05) is 127 Å². The van der Waals surface area contributed by atoms with Crippen LogP contribution < -0.4 is 101 Å². The van der Waals surface area contributed by atoms with Crippen LogP contribution in [0.1, 0.15) is 183 Å². The third-order valence-electron chi connectivity index (χ3n) is 16.0. The number of nitrogen functional groups attached to an aromatic ring is 6. The van der Waals surface area contributed by atoms with Crippen molar-refractivity contribution in [3.63, 3.8) is 0 Å². The highest BCUT2D eigenvalue weighted by Crippen LogP contribution is 2.23. The standard InChI is InChI=1S/C23H45NO11.2C13H22ClN7O.C10H16ClN7O.2C5H12N4O/c1-4-5-6-8-31-9-7-24(10-16(25)20(27)22(29)18-12-32-14(2)34-18)11-17(26)21(28)23(30)19-13-33-15(3)35-19;2*1-2-3-4-5-6-7-18-13(17)21-12(22)8-10(15)20-11(16)9(14)19-8;1-2-3-4-15-10(14)18-9(19)5-7(12)17-8(13)6(11)16-5;1-8-4(10)2-3-9-5(6)7;1-4(10)8-2-3-9-5(6)7/h14-23,25-30H,4-13H2,1-3H3;2*2-7H2,1H3,(H4,15,16,20)(H3,17,18,21,22);2-4H2,1H3,(H4,12,13,17)(H3,14,15,18,19);2*2-3H2,1H3,(H,8,10)(H4,6,7,9)/t14-,15-,16+,17+,18-,19-,20-,21-,22-,23-;;;;;/m1...../s1. The van der Waals surface area contributed by atoms with E-state index in [1.54, 1.807) is 25.8 Å². The zero-order valence-electron chi connectivity index (χ0n) is 68.6. The summed E-state index contributed by atoms with van der Waals surface area (Å²) in [4.78, 5) is 100.0. The molecule has 0 aliphatic carbocycles. The topological polar surface area (TPSA) is 794 Å². The number of aliphatic hydroxyl groups is 6. The number of aromatic nitrogens is 6. The van der Waals surface area contributed by atoms with Gasteiger partial charge in [0, 0.05) is 72.8 Å². The highest BCUT2D eigenvalue weighted by Gasteiger charge is 2.40. The second kappa shape index (κ2) is 62.9. The maximum Gasteiger partial charge on any atom is 0.280 e. The molecule has 49 heteroatoms. The fraction of sp³-hybridized carbons (Fsp3) is 0.681. The molecule has 2 saturated heterocycles. The van der Waals surface area contributed by atoms with Crippen LogP contribution in [0.25, 0.3) is 0 Å². The van der Waals surface area contributed by atoms with Gasteiger partial charge in [0.05, 0.1) is 45.1 Å². The molecule has 2 fully saturated rings. The molecule has 0 unspecified atom stereocenters. The van der Waals surface area contributed by atoms with Gasteiger partial charge in [-0.2, -0.15) is 0 Å². The van der Waals surface area contributed by atoms with Gasteiger partial charge in [-0.1, -0.05) is 133 Å². The largest absolute Gasteiger partial charge is 0.389 e. The molecule has 3 aromatic rings. The van der Waals surface area contributed by atoms with Crippen molar-refractivity contribution in [3.8, 4) is 0 Å². The zero-order valence-corrected chi connectivity index (χ0v) is 70.8. The van der Waals surface area contributed by atoms with Crippen molar-refractivity contribution in [2.24, 2.45) is 65.1 Å². The van der Waals surface area contributed by atoms with Crippen LogP contribution in [0.15, 0.2) is 25.0 Å². The minimum atomic E-state index is -1.53. The number of nitrogens with zero attached hydrogens (tertiary/aromatic N) is 12. The van der Waals surface area contributed by atoms with Gasteiger partial charge in [0.2, 0.25) is 11.8 Å². The van der Waals surface area contributed by atoms with Crippen LogP contribution in [0.3, 0.4) is 0 Å². The van der Waals surface area contributed by atoms with E-state index in [0.717, 1.165) is 57.8 Å². The second-order valence-corrected chi connectivity index (χ2v) is 27.2. The first kappa shape index (κ1) is 109. The summed E-state index contributed by atoms with van der Waals surface area (Å²) in [5, 5.41) is 74.8. The van der Waals surface area contributed by atoms with Gasteiger partial charge in [-0.15, -0.1) is 0 Å². The molecule has 5 amide bonds. The summed E-state index contributed by atoms with van der Waals surface area (Å²) in [6.45, 7) is 17.2. The molecule has 5 heterocycles. The molecule has 37 N–H and O–H groups in total. The van der Waals surface area contributed by atoms with Gasteiger partial charge in [-0.3, -0.25) is 69.8 Å². The number of rotatable bonds is 41. The first-order valence-corrected chi connectivity index (χ1v) is 39.5. The Balaban J connectivity index is 0.00000146. The lowest BCUT2D eigenvalue weighted by Gasteiger charge is -2.33. The monoisotopic (exact) mass is 1740 g/mol. The van der Waals surface area contributed by atoms with Gasteiger partial charge in [-0.05, 0) is 39.5 Å². The number of carbonyl (C=O) groups is 5. The number of hydrogen-bond acceptors (Lipinski definition) is 34. The molecule has 0 saturated carbocycles. The number of amides is 5. The molecule has 0 spiro atoms. The van der Waals surface area contributed by atoms with Gasteiger partial charge < -0.3 is 139 Å². The maximum atomic E-state index is 12.0. The average molecular weight is 1740 g/mol. The Bertz CT molecular complexity index is 3440. The third-order valence-corrected chi connectivity index (χ3v) is 16.8. The highest BCUT2D eigenvalue weighted by molar-refractivity contribution is 6.32. The lowest BCUT2D eigenvalue weighted by molar-refractivity contribution is -0.135. The Hall–Kier alpha value is -9.27. The summed E-state index contributed by atoms with van der Waals surface area (Å²) >= 11 is 17.1. The van der Waals surface area contributed by atoms with E-state index in [-0.39, 0.29) is 142 Å². The number of carbonyl (C=O) groups excluding carboxylic acids is 5. The SMILES string of the molecule is CC(=O)NCCN=C(N)N.CCCCCCCN=C(N)NC(=O)c1nc(Cl)c(N)nc1N.CCCCCCCN=C(N)NC(=O)c1nc(Cl)c(N)nc1N.CCCCCOCCN(C[C@H](O)[C@@H](O)[C@H](O)[C@H]1CO[C@@H](C)O1)C[C@H](O)[C@@H](O)[C@H](O)[C@H]1CO[C@@H](C)O1.CCCCN=C(N)NC(=O)c1nc(Cl)c(N)nc1N.CNC(=O)CCN=C(N)N. The smallest absolute Gasteiger partial charge is 0.280 e. The number of unbranched alkanes of at least 4 members (excludes halogenated alkanes) is 11. The fourth-order valence-corrected chi connectivity index (χ4v) is 9.98. The van der Waals surface area contributed by atoms with E-state index in [2.05, 4.69) is 102 Å². The summed E-state index contributed by atoms with van der Waals surface area (Å²) in [6, 6.07) is 0. The number of nitrogens with two attached hydrogens (primary N) is 13. The van der Waals surface area contributed by atoms with Crippen molar-refractivity contribution in [2.45, 2.75) is 213 Å². The van der Waals surface area contributed by atoms with Crippen molar-refractivity contribution >= 4 is 129 Å². The Morgan fingerprint density at radius 3 is 1.16 bits per heavy atom. The molecular formula is C69H129Cl3N30O16. The lowest BCUT2D eigenvalue weighted by atomic mass is 10.0. The minimum Gasteiger partial charge on any atom is -0.389 e. The molecule has 0 bridgehead atoms. The number of anilines is 6. The zero-order chi connectivity index (χ0) is 89.4. The molecule has 0 aromatic carbocycles. The van der Waals surface area contributed by atoms with E-state index in [9.17, 15) is 54.6 Å². The van der Waals surface area contributed by atoms with Crippen LogP contribution >= 0.6 is 34.8 Å². The predicted octanol–water partition coefficient (Wildman–Crippen LogP) is -2.27. The first-order valence-electron chi connectivity index (χ1n) is 38.4. The maximum absolute atomic E-state index is 12.0. The molecule has 0 radical (unpaired) electrons. The van der Waals surface area contributed by atoms with Gasteiger partial charge in [0.1, 0.15) is 36.6 Å². The molecule has 5 rings (SSSR count). The molecule has 46 nitrogen and oxygen atoms in total. The van der Waals surface area contributed by atoms with Crippen LogP contribution in [0, 0.1) is 0 Å². The third kappa shape index (κ3) is 48.6. The number of guanidine groups is 5. The van der Waals surface area contributed by atoms with Crippen molar-refractivity contribution in [3.05, 3.63) is 32.5 Å². The van der Waals surface area contributed by atoms with Crippen LogP contribution in [-0.2, 0) is 33.3 Å². The molecule has 672 valence electrons. The van der Waals surface area contributed by atoms with Crippen molar-refractivity contribution in [1.29, 1.82) is 0 Å². The Morgan fingerprint density at radius 1 is 0.483 bits per heavy atom. The lowest BCUT2D eigenvalue weighted by Crippen LogP contribution is -2.53. The first-order chi connectivity index (χ1) is 55.8. The van der Waals surface area contributed by atoms with Crippen molar-refractivity contribution in [1.82, 2.24) is 61.4 Å². The van der Waals surface area contributed by atoms with Gasteiger partial charge in [0.25, 0.3) is 17.7 Å².